The Morgan fingerprint density at radius 3 is 2.39 bits per heavy atom. The molecule has 8 nitrogen and oxygen atoms in total. The van der Waals surface area contributed by atoms with E-state index < -0.39 is 29.7 Å². The van der Waals surface area contributed by atoms with E-state index in [1.807, 2.05) is 30.3 Å². The maximum absolute atomic E-state index is 13.4. The lowest BCUT2D eigenvalue weighted by atomic mass is 10.1. The molecule has 1 atom stereocenters. The molecule has 1 heterocycles. The van der Waals surface area contributed by atoms with E-state index in [0.717, 1.165) is 55.7 Å². The van der Waals surface area contributed by atoms with E-state index >= 15 is 0 Å². The first-order valence-corrected chi connectivity index (χ1v) is 12.0. The second kappa shape index (κ2) is 13.8. The van der Waals surface area contributed by atoms with Crippen molar-refractivity contribution in [3.05, 3.63) is 35.9 Å². The van der Waals surface area contributed by atoms with Crippen molar-refractivity contribution in [3.8, 4) is 0 Å². The van der Waals surface area contributed by atoms with Crippen LogP contribution in [0.2, 0.25) is 0 Å². The zero-order valence-electron chi connectivity index (χ0n) is 20.2. The summed E-state index contributed by atoms with van der Waals surface area (Å²) in [5.74, 6) is -0.455. The molecule has 1 aliphatic rings. The summed E-state index contributed by atoms with van der Waals surface area (Å²) in [6.45, 7) is 7.45. The Labute approximate surface area is 197 Å². The Hall–Kier alpha value is -2.61. The van der Waals surface area contributed by atoms with E-state index in [9.17, 15) is 14.4 Å². The van der Waals surface area contributed by atoms with Gasteiger partial charge in [-0.3, -0.25) is 4.79 Å². The molecule has 0 spiro atoms. The summed E-state index contributed by atoms with van der Waals surface area (Å²) in [7, 11) is 0. The first-order chi connectivity index (χ1) is 15.8. The number of nitrogens with one attached hydrogen (secondary N) is 2. The second-order valence-electron chi connectivity index (χ2n) is 9.39. The number of carbonyl (C=O) groups is 3. The van der Waals surface area contributed by atoms with Crippen molar-refractivity contribution in [2.45, 2.75) is 84.0 Å². The number of carbonyl (C=O) groups excluding carboxylic acids is 3. The standard InChI is InChI=1S/C25H39N3O5/c1-25(2,3)33-23(30)27-21-15-9-11-17-26-16-10-4-5-12-18-28(22(21)29)24(31)32-19-20-13-7-6-8-14-20/h6-8,13-14,21,26H,4-5,9-12,15-19H2,1-3H3,(H,27,30)/t21-/m0/s1. The average molecular weight is 462 g/mol. The Bertz CT molecular complexity index is 748. The van der Waals surface area contributed by atoms with E-state index in [-0.39, 0.29) is 13.2 Å². The van der Waals surface area contributed by atoms with E-state index in [4.69, 9.17) is 9.47 Å². The summed E-state index contributed by atoms with van der Waals surface area (Å²) in [5, 5.41) is 6.10. The number of nitrogens with zero attached hydrogens (tertiary/aromatic N) is 1. The Morgan fingerprint density at radius 1 is 1.03 bits per heavy atom. The smallest absolute Gasteiger partial charge is 0.416 e. The molecule has 1 aromatic carbocycles. The summed E-state index contributed by atoms with van der Waals surface area (Å²) in [4.78, 5) is 39.9. The van der Waals surface area contributed by atoms with Crippen LogP contribution in [-0.2, 0) is 20.9 Å². The molecule has 8 heteroatoms. The highest BCUT2D eigenvalue weighted by Gasteiger charge is 2.32. The molecule has 0 unspecified atom stereocenters. The highest BCUT2D eigenvalue weighted by Crippen LogP contribution is 2.13. The number of amides is 3. The van der Waals surface area contributed by atoms with Gasteiger partial charge in [0.25, 0.3) is 5.91 Å². The third-order valence-corrected chi connectivity index (χ3v) is 5.26. The van der Waals surface area contributed by atoms with Gasteiger partial charge in [-0.25, -0.2) is 14.5 Å². The molecule has 3 amide bonds. The van der Waals surface area contributed by atoms with Crippen LogP contribution in [0.15, 0.2) is 30.3 Å². The van der Waals surface area contributed by atoms with Crippen LogP contribution in [0, 0.1) is 0 Å². The molecule has 33 heavy (non-hydrogen) atoms. The molecule has 1 fully saturated rings. The van der Waals surface area contributed by atoms with Crippen LogP contribution < -0.4 is 10.6 Å². The molecule has 0 aromatic heterocycles. The van der Waals surface area contributed by atoms with E-state index in [1.54, 1.807) is 20.8 Å². The van der Waals surface area contributed by atoms with Crippen molar-refractivity contribution < 1.29 is 23.9 Å². The van der Waals surface area contributed by atoms with Crippen LogP contribution in [0.3, 0.4) is 0 Å². The summed E-state index contributed by atoms with van der Waals surface area (Å²) in [6, 6.07) is 8.49. The van der Waals surface area contributed by atoms with Gasteiger partial charge in [0.1, 0.15) is 18.2 Å². The Balaban J connectivity index is 2.12. The number of ether oxygens (including phenoxy) is 2. The summed E-state index contributed by atoms with van der Waals surface area (Å²) >= 11 is 0. The summed E-state index contributed by atoms with van der Waals surface area (Å²) in [5.41, 5.74) is 0.156. The van der Waals surface area contributed by atoms with Gasteiger partial charge >= 0.3 is 12.2 Å². The van der Waals surface area contributed by atoms with Gasteiger partial charge in [-0.05, 0) is 71.5 Å². The molecule has 1 aromatic rings. The quantitative estimate of drug-likeness (QED) is 0.693. The predicted octanol–water partition coefficient (Wildman–Crippen LogP) is 4.38. The predicted molar refractivity (Wildman–Crippen MR) is 127 cm³/mol. The molecular weight excluding hydrogens is 422 g/mol. The molecule has 0 saturated carbocycles. The van der Waals surface area contributed by atoms with E-state index in [0.29, 0.717) is 12.8 Å². The van der Waals surface area contributed by atoms with Crippen molar-refractivity contribution in [2.75, 3.05) is 19.6 Å². The number of benzene rings is 1. The normalized spacial score (nSPS) is 19.3. The fourth-order valence-corrected chi connectivity index (χ4v) is 3.58. The molecular formula is C25H39N3O5. The van der Waals surface area contributed by atoms with Gasteiger partial charge in [0, 0.05) is 6.54 Å². The van der Waals surface area contributed by atoms with E-state index in [2.05, 4.69) is 10.6 Å². The third kappa shape index (κ3) is 10.7. The van der Waals surface area contributed by atoms with Crippen molar-refractivity contribution >= 4 is 18.1 Å². The highest BCUT2D eigenvalue weighted by atomic mass is 16.6. The van der Waals surface area contributed by atoms with Gasteiger partial charge in [-0.1, -0.05) is 43.2 Å². The first-order valence-electron chi connectivity index (χ1n) is 12.0. The Kier molecular flexibility index (Phi) is 11.2. The summed E-state index contributed by atoms with van der Waals surface area (Å²) < 4.78 is 10.8. The minimum absolute atomic E-state index is 0.0826. The average Bonchev–Trinajstić information content (AvgIpc) is 2.76. The zero-order valence-corrected chi connectivity index (χ0v) is 20.2. The molecule has 0 aliphatic carbocycles. The first kappa shape index (κ1) is 26.6. The van der Waals surface area contributed by atoms with Crippen LogP contribution in [-0.4, -0.2) is 54.3 Å². The van der Waals surface area contributed by atoms with Crippen molar-refractivity contribution in [3.63, 3.8) is 0 Å². The third-order valence-electron chi connectivity index (χ3n) is 5.26. The monoisotopic (exact) mass is 461 g/mol. The molecule has 1 aliphatic heterocycles. The number of alkyl carbamates (subject to hydrolysis) is 1. The molecule has 0 bridgehead atoms. The fraction of sp³-hybridized carbons (Fsp3) is 0.640. The topological polar surface area (TPSA) is 97.0 Å². The fourth-order valence-electron chi connectivity index (χ4n) is 3.58. The summed E-state index contributed by atoms with van der Waals surface area (Å²) in [6.07, 6.45) is 4.34. The number of hydrogen-bond acceptors (Lipinski definition) is 6. The van der Waals surface area contributed by atoms with Gasteiger partial charge in [-0.15, -0.1) is 0 Å². The lowest BCUT2D eigenvalue weighted by molar-refractivity contribution is -0.132. The minimum atomic E-state index is -0.855. The molecule has 184 valence electrons. The highest BCUT2D eigenvalue weighted by molar-refractivity contribution is 5.96. The van der Waals surface area contributed by atoms with Crippen LogP contribution in [0.4, 0.5) is 9.59 Å². The lowest BCUT2D eigenvalue weighted by Gasteiger charge is -2.27. The van der Waals surface area contributed by atoms with Crippen molar-refractivity contribution in [1.82, 2.24) is 15.5 Å². The number of hydrogen-bond donors (Lipinski definition) is 2. The zero-order chi connectivity index (χ0) is 24.1. The van der Waals surface area contributed by atoms with Crippen LogP contribution >= 0.6 is 0 Å². The molecule has 1 saturated heterocycles. The lowest BCUT2D eigenvalue weighted by Crippen LogP contribution is -2.51. The number of rotatable bonds is 3. The van der Waals surface area contributed by atoms with Gasteiger partial charge in [0.2, 0.25) is 0 Å². The van der Waals surface area contributed by atoms with Crippen molar-refractivity contribution in [1.29, 1.82) is 0 Å². The maximum Gasteiger partial charge on any atom is 0.416 e. The van der Waals surface area contributed by atoms with Crippen LogP contribution in [0.25, 0.3) is 0 Å². The second-order valence-corrected chi connectivity index (χ2v) is 9.39. The van der Waals surface area contributed by atoms with Gasteiger partial charge in [0.05, 0.1) is 0 Å². The van der Waals surface area contributed by atoms with Gasteiger partial charge in [0.15, 0.2) is 0 Å². The van der Waals surface area contributed by atoms with E-state index in [1.165, 1.54) is 0 Å². The number of imide groups is 1. The minimum Gasteiger partial charge on any atom is -0.444 e. The Morgan fingerprint density at radius 2 is 1.70 bits per heavy atom. The molecule has 0 radical (unpaired) electrons. The molecule has 2 rings (SSSR count). The molecule has 2 N–H and O–H groups in total. The maximum atomic E-state index is 13.4. The van der Waals surface area contributed by atoms with Crippen molar-refractivity contribution in [2.24, 2.45) is 0 Å². The van der Waals surface area contributed by atoms with Gasteiger partial charge < -0.3 is 20.1 Å². The SMILES string of the molecule is CC(C)(C)OC(=O)N[C@H]1CCCCNCCCCCCN(C(=O)OCc2ccccc2)C1=O. The van der Waals surface area contributed by atoms with Crippen LogP contribution in [0.1, 0.15) is 71.3 Å². The van der Waals surface area contributed by atoms with Crippen LogP contribution in [0.5, 0.6) is 0 Å². The largest absolute Gasteiger partial charge is 0.444 e. The van der Waals surface area contributed by atoms with Gasteiger partial charge in [-0.2, -0.15) is 0 Å².